The number of ether oxygens (including phenoxy) is 2. The molecule has 0 fully saturated rings. The lowest BCUT2D eigenvalue weighted by atomic mass is 10.1. The third-order valence-electron chi connectivity index (χ3n) is 4.39. The fourth-order valence-electron chi connectivity index (χ4n) is 2.94. The second-order valence-corrected chi connectivity index (χ2v) is 6.84. The van der Waals surface area contributed by atoms with Gasteiger partial charge in [0.05, 0.1) is 5.69 Å². The van der Waals surface area contributed by atoms with E-state index in [1.54, 1.807) is 26.6 Å². The number of nitrogens with one attached hydrogen (secondary N) is 1. The molecular weight excluding hydrogens is 382 g/mol. The topological polar surface area (TPSA) is 102 Å². The third kappa shape index (κ3) is 6.28. The Labute approximate surface area is 176 Å². The Morgan fingerprint density at radius 2 is 1.93 bits per heavy atom. The molecule has 0 radical (unpaired) electrons. The molecule has 0 bridgehead atoms. The molecule has 1 atom stereocenters. The zero-order valence-corrected chi connectivity index (χ0v) is 17.3. The zero-order valence-electron chi connectivity index (χ0n) is 17.3. The number of aromatic nitrogens is 4. The van der Waals surface area contributed by atoms with Gasteiger partial charge in [-0.1, -0.05) is 12.1 Å². The average molecular weight is 409 g/mol. The molecule has 2 heterocycles. The van der Waals surface area contributed by atoms with E-state index in [9.17, 15) is 5.11 Å². The number of aliphatic hydroxyl groups is 1. The minimum absolute atomic E-state index is 0.203. The number of rotatable bonds is 11. The molecule has 0 amide bonds. The fourth-order valence-corrected chi connectivity index (χ4v) is 2.94. The number of methoxy groups -OCH3 is 1. The van der Waals surface area contributed by atoms with Crippen LogP contribution >= 0.6 is 0 Å². The van der Waals surface area contributed by atoms with E-state index in [-0.39, 0.29) is 6.61 Å². The van der Waals surface area contributed by atoms with E-state index in [2.05, 4.69) is 15.3 Å². The molecule has 8 heteroatoms. The van der Waals surface area contributed by atoms with Crippen molar-refractivity contribution in [1.82, 2.24) is 25.3 Å². The van der Waals surface area contributed by atoms with Crippen LogP contribution < -0.4 is 10.1 Å². The van der Waals surface area contributed by atoms with Crippen LogP contribution in [0.3, 0.4) is 0 Å². The molecule has 0 aliphatic rings. The van der Waals surface area contributed by atoms with Gasteiger partial charge in [-0.3, -0.25) is 0 Å². The quantitative estimate of drug-likeness (QED) is 0.465. The van der Waals surface area contributed by atoms with E-state index >= 15 is 0 Å². The van der Waals surface area contributed by atoms with Gasteiger partial charge < -0.3 is 19.9 Å². The second kappa shape index (κ2) is 11.3. The van der Waals surface area contributed by atoms with Crippen LogP contribution in [0.4, 0.5) is 0 Å². The summed E-state index contributed by atoms with van der Waals surface area (Å²) >= 11 is 0. The van der Waals surface area contributed by atoms with Crippen LogP contribution in [0.15, 0.2) is 49.1 Å². The third-order valence-corrected chi connectivity index (χ3v) is 4.39. The maximum Gasteiger partial charge on any atom is 0.160 e. The van der Waals surface area contributed by atoms with Gasteiger partial charge in [-0.25, -0.2) is 19.9 Å². The lowest BCUT2D eigenvalue weighted by molar-refractivity contribution is 0.108. The van der Waals surface area contributed by atoms with Gasteiger partial charge in [-0.15, -0.1) is 0 Å². The van der Waals surface area contributed by atoms with Crippen molar-refractivity contribution in [2.24, 2.45) is 0 Å². The van der Waals surface area contributed by atoms with Gasteiger partial charge in [-0.2, -0.15) is 0 Å². The number of hydrogen-bond donors (Lipinski definition) is 2. The molecule has 8 nitrogen and oxygen atoms in total. The number of hydrogen-bond acceptors (Lipinski definition) is 8. The molecular formula is C22H27N5O3. The predicted molar refractivity (Wildman–Crippen MR) is 114 cm³/mol. The molecule has 0 aliphatic heterocycles. The molecule has 0 spiro atoms. The Balaban J connectivity index is 1.88. The molecule has 1 unspecified atom stereocenters. The Kier molecular flexibility index (Phi) is 8.20. The van der Waals surface area contributed by atoms with Crippen molar-refractivity contribution in [1.29, 1.82) is 0 Å². The van der Waals surface area contributed by atoms with Crippen LogP contribution in [-0.4, -0.2) is 65.1 Å². The van der Waals surface area contributed by atoms with Crippen molar-refractivity contribution in [3.05, 3.63) is 54.7 Å². The molecule has 2 aromatic heterocycles. The zero-order chi connectivity index (χ0) is 21.2. The van der Waals surface area contributed by atoms with Gasteiger partial charge in [0.15, 0.2) is 5.82 Å². The first-order valence-electron chi connectivity index (χ1n) is 9.87. The highest BCUT2D eigenvalue weighted by atomic mass is 16.5. The fraction of sp³-hybridized carbons (Fsp3) is 0.364. The van der Waals surface area contributed by atoms with E-state index in [0.29, 0.717) is 24.7 Å². The maximum atomic E-state index is 9.86. The predicted octanol–water partition coefficient (Wildman–Crippen LogP) is 2.14. The minimum Gasteiger partial charge on any atom is -0.491 e. The Hall–Kier alpha value is -2.94. The van der Waals surface area contributed by atoms with E-state index < -0.39 is 6.10 Å². The molecule has 0 aliphatic carbocycles. The first kappa shape index (κ1) is 21.8. The first-order chi connectivity index (χ1) is 14.7. The van der Waals surface area contributed by atoms with E-state index in [0.717, 1.165) is 35.4 Å². The Morgan fingerprint density at radius 3 is 2.70 bits per heavy atom. The minimum atomic E-state index is -0.580. The lowest BCUT2D eigenvalue weighted by Gasteiger charge is -2.13. The van der Waals surface area contributed by atoms with Crippen LogP contribution in [-0.2, 0) is 11.2 Å². The van der Waals surface area contributed by atoms with Crippen LogP contribution in [0, 0.1) is 0 Å². The highest BCUT2D eigenvalue weighted by Gasteiger charge is 2.11. The summed E-state index contributed by atoms with van der Waals surface area (Å²) in [6.45, 7) is 1.34. The summed E-state index contributed by atoms with van der Waals surface area (Å²) < 4.78 is 10.9. The molecule has 3 rings (SSSR count). The van der Waals surface area contributed by atoms with Crippen LogP contribution in [0.25, 0.3) is 22.6 Å². The van der Waals surface area contributed by atoms with Crippen molar-refractivity contribution in [3.8, 4) is 28.4 Å². The maximum absolute atomic E-state index is 9.86. The van der Waals surface area contributed by atoms with Gasteiger partial charge in [0, 0.05) is 49.5 Å². The molecule has 1 aromatic carbocycles. The summed E-state index contributed by atoms with van der Waals surface area (Å²) in [5.74, 6) is 1.26. The monoisotopic (exact) mass is 409 g/mol. The summed E-state index contributed by atoms with van der Waals surface area (Å²) in [5.41, 5.74) is 3.36. The first-order valence-corrected chi connectivity index (χ1v) is 9.87. The summed E-state index contributed by atoms with van der Waals surface area (Å²) in [6.07, 6.45) is 6.03. The summed E-state index contributed by atoms with van der Waals surface area (Å²) in [7, 11) is 3.48. The lowest BCUT2D eigenvalue weighted by Crippen LogP contribution is -2.29. The van der Waals surface area contributed by atoms with E-state index in [1.807, 2.05) is 30.3 Å². The van der Waals surface area contributed by atoms with Crippen LogP contribution in [0.5, 0.6) is 5.75 Å². The largest absolute Gasteiger partial charge is 0.491 e. The number of benzene rings is 1. The Bertz CT molecular complexity index is 924. The molecule has 0 saturated carbocycles. The molecule has 158 valence electrons. The van der Waals surface area contributed by atoms with E-state index in [1.165, 1.54) is 6.33 Å². The van der Waals surface area contributed by atoms with Crippen molar-refractivity contribution in [2.75, 3.05) is 33.9 Å². The number of aryl methyl sites for hydroxylation is 1. The highest BCUT2D eigenvalue weighted by molar-refractivity contribution is 5.64. The average Bonchev–Trinajstić information content (AvgIpc) is 2.79. The van der Waals surface area contributed by atoms with Crippen LogP contribution in [0.2, 0.25) is 0 Å². The van der Waals surface area contributed by atoms with Crippen molar-refractivity contribution in [2.45, 2.75) is 18.9 Å². The van der Waals surface area contributed by atoms with Gasteiger partial charge in [0.1, 0.15) is 24.8 Å². The van der Waals surface area contributed by atoms with Crippen molar-refractivity contribution in [3.63, 3.8) is 0 Å². The molecule has 30 heavy (non-hydrogen) atoms. The van der Waals surface area contributed by atoms with Gasteiger partial charge >= 0.3 is 0 Å². The summed E-state index contributed by atoms with van der Waals surface area (Å²) in [4.78, 5) is 17.7. The van der Waals surface area contributed by atoms with Crippen molar-refractivity contribution < 1.29 is 14.6 Å². The number of likely N-dealkylation sites (N-methyl/N-ethyl adjacent to an activating group) is 1. The SMILES string of the molecule is CNCC(O)COc1cccc(-c2nc(CCCOC)cc(-c3cncnc3)n2)c1. The van der Waals surface area contributed by atoms with Gasteiger partial charge in [-0.05, 0) is 38.1 Å². The summed E-state index contributed by atoms with van der Waals surface area (Å²) in [5, 5.41) is 12.8. The van der Waals surface area contributed by atoms with Crippen molar-refractivity contribution >= 4 is 0 Å². The molecule has 0 saturated heterocycles. The standard InChI is InChI=1S/C22H27N5O3/c1-23-13-19(28)14-30-20-7-3-5-16(9-20)22-26-18(6-4-8-29-2)10-21(27-22)17-11-24-15-25-12-17/h3,5,7,9-12,15,19,23,28H,4,6,8,13-14H2,1-2H3. The van der Waals surface area contributed by atoms with Gasteiger partial charge in [0.2, 0.25) is 0 Å². The number of nitrogens with zero attached hydrogens (tertiary/aromatic N) is 4. The summed E-state index contributed by atoms with van der Waals surface area (Å²) in [6, 6.07) is 9.53. The second-order valence-electron chi connectivity index (χ2n) is 6.84. The van der Waals surface area contributed by atoms with Crippen LogP contribution in [0.1, 0.15) is 12.1 Å². The highest BCUT2D eigenvalue weighted by Crippen LogP contribution is 2.25. The Morgan fingerprint density at radius 1 is 1.10 bits per heavy atom. The number of aliphatic hydroxyl groups excluding tert-OH is 1. The molecule has 2 N–H and O–H groups in total. The smallest absolute Gasteiger partial charge is 0.160 e. The normalized spacial score (nSPS) is 12.0. The van der Waals surface area contributed by atoms with Gasteiger partial charge in [0.25, 0.3) is 0 Å². The van der Waals surface area contributed by atoms with E-state index in [4.69, 9.17) is 19.4 Å². The molecule has 3 aromatic rings.